The van der Waals surface area contributed by atoms with Gasteiger partial charge in [-0.15, -0.1) is 0 Å². The van der Waals surface area contributed by atoms with Crippen LogP contribution in [0.3, 0.4) is 0 Å². The molecule has 0 aromatic heterocycles. The van der Waals surface area contributed by atoms with Gasteiger partial charge in [-0.05, 0) is 44.6 Å². The topological polar surface area (TPSA) is 64.7 Å². The van der Waals surface area contributed by atoms with Crippen LogP contribution in [0.4, 0.5) is 0 Å². The molecule has 5 rings (SSSR count). The highest BCUT2D eigenvalue weighted by atomic mass is 16.2. The molecule has 4 aliphatic heterocycles. The normalized spacial score (nSPS) is 32.6. The van der Waals surface area contributed by atoms with E-state index in [0.717, 1.165) is 24.8 Å². The first-order valence-corrected chi connectivity index (χ1v) is 10.7. The van der Waals surface area contributed by atoms with Gasteiger partial charge in [0, 0.05) is 44.2 Å². The molecule has 6 heteroatoms. The van der Waals surface area contributed by atoms with Crippen LogP contribution in [0.25, 0.3) is 0 Å². The van der Waals surface area contributed by atoms with Crippen LogP contribution in [0.1, 0.15) is 45.1 Å². The van der Waals surface area contributed by atoms with Crippen molar-refractivity contribution in [3.8, 4) is 0 Å². The van der Waals surface area contributed by atoms with Crippen molar-refractivity contribution < 1.29 is 9.59 Å². The lowest BCUT2D eigenvalue weighted by atomic mass is 9.91. The van der Waals surface area contributed by atoms with Crippen LogP contribution in [0, 0.1) is 11.8 Å². The lowest BCUT2D eigenvalue weighted by molar-refractivity contribution is -0.140. The molecule has 4 aliphatic rings. The second kappa shape index (κ2) is 8.21. The average molecular weight is 385 g/mol. The van der Waals surface area contributed by atoms with E-state index in [4.69, 9.17) is 0 Å². The Morgan fingerprint density at radius 1 is 1.07 bits per heavy atom. The molecule has 0 aliphatic carbocycles. The van der Waals surface area contributed by atoms with Crippen molar-refractivity contribution >= 4 is 11.8 Å². The Morgan fingerprint density at radius 3 is 2.50 bits per heavy atom. The standard InChI is InChI=1S/C22H32N4O2/c1-15-20(16(2)24-23-15)10-11-21(27)25-13-18-8-9-19(14-25)26(22(18)28)12-17-6-4-3-5-7-17/h3-7,15-16,18-20,23-24H,8-14H2,1-2H3/t15?,16?,18-,19+,20?/m1/s1. The van der Waals surface area contributed by atoms with Gasteiger partial charge in [0.1, 0.15) is 0 Å². The van der Waals surface area contributed by atoms with E-state index in [-0.39, 0.29) is 23.8 Å². The van der Waals surface area contributed by atoms with Gasteiger partial charge in [0.2, 0.25) is 11.8 Å². The number of fused-ring (bicyclic) bond motifs is 4. The van der Waals surface area contributed by atoms with E-state index in [1.54, 1.807) is 0 Å². The number of rotatable bonds is 5. The van der Waals surface area contributed by atoms with Crippen LogP contribution in [-0.2, 0) is 16.1 Å². The van der Waals surface area contributed by atoms with E-state index in [2.05, 4.69) is 36.8 Å². The van der Waals surface area contributed by atoms with Gasteiger partial charge in [0.25, 0.3) is 0 Å². The SMILES string of the molecule is CC1NNC(C)C1CCC(=O)N1C[C@H]2CC[C@@H](C1)N(Cc1ccccc1)C2=O. The Morgan fingerprint density at radius 2 is 1.79 bits per heavy atom. The summed E-state index contributed by atoms with van der Waals surface area (Å²) in [6.45, 7) is 6.25. The van der Waals surface area contributed by atoms with Gasteiger partial charge in [-0.1, -0.05) is 30.3 Å². The third-order valence-electron chi connectivity index (χ3n) is 6.86. The summed E-state index contributed by atoms with van der Waals surface area (Å²) in [6.07, 6.45) is 3.35. The first-order chi connectivity index (χ1) is 13.5. The first-order valence-electron chi connectivity index (χ1n) is 10.7. The number of carbonyl (C=O) groups is 2. The fourth-order valence-corrected chi connectivity index (χ4v) is 5.09. The van der Waals surface area contributed by atoms with Gasteiger partial charge in [0.15, 0.2) is 0 Å². The summed E-state index contributed by atoms with van der Waals surface area (Å²) in [4.78, 5) is 30.0. The fourth-order valence-electron chi connectivity index (χ4n) is 5.09. The zero-order valence-electron chi connectivity index (χ0n) is 16.9. The van der Waals surface area contributed by atoms with E-state index in [0.29, 0.717) is 44.1 Å². The molecule has 4 fully saturated rings. The van der Waals surface area contributed by atoms with Crippen LogP contribution >= 0.6 is 0 Å². The lowest BCUT2D eigenvalue weighted by Gasteiger charge is -2.36. The Kier molecular flexibility index (Phi) is 5.69. The van der Waals surface area contributed by atoms with Crippen molar-refractivity contribution in [2.75, 3.05) is 13.1 Å². The number of hydrogen-bond acceptors (Lipinski definition) is 4. The van der Waals surface area contributed by atoms with E-state index >= 15 is 0 Å². The molecule has 2 N–H and O–H groups in total. The molecule has 0 saturated carbocycles. The Labute approximate surface area is 167 Å². The predicted octanol–water partition coefficient (Wildman–Crippen LogP) is 1.92. The molecule has 4 atom stereocenters. The summed E-state index contributed by atoms with van der Waals surface area (Å²) in [5.41, 5.74) is 7.69. The number of hydrogen-bond donors (Lipinski definition) is 2. The Hall–Kier alpha value is -1.92. The third kappa shape index (κ3) is 3.94. The minimum Gasteiger partial charge on any atom is -0.340 e. The zero-order chi connectivity index (χ0) is 19.7. The number of piperidine rings is 1. The molecule has 1 aromatic carbocycles. The summed E-state index contributed by atoms with van der Waals surface area (Å²) >= 11 is 0. The maximum atomic E-state index is 13.0. The fraction of sp³-hybridized carbons (Fsp3) is 0.636. The first kappa shape index (κ1) is 19.4. The van der Waals surface area contributed by atoms with Crippen molar-refractivity contribution in [2.24, 2.45) is 11.8 Å². The molecule has 0 spiro atoms. The maximum absolute atomic E-state index is 13.0. The molecule has 1 aromatic rings. The van der Waals surface area contributed by atoms with Crippen molar-refractivity contribution in [3.05, 3.63) is 35.9 Å². The van der Waals surface area contributed by atoms with Gasteiger partial charge in [-0.2, -0.15) is 0 Å². The van der Waals surface area contributed by atoms with Crippen LogP contribution in [0.15, 0.2) is 30.3 Å². The number of nitrogens with one attached hydrogen (secondary N) is 2. The highest BCUT2D eigenvalue weighted by Gasteiger charge is 2.42. The van der Waals surface area contributed by atoms with E-state index in [9.17, 15) is 9.59 Å². The van der Waals surface area contributed by atoms with E-state index < -0.39 is 0 Å². The molecule has 4 heterocycles. The molecule has 2 amide bonds. The predicted molar refractivity (Wildman–Crippen MR) is 108 cm³/mol. The Balaban J connectivity index is 1.39. The van der Waals surface area contributed by atoms with Gasteiger partial charge >= 0.3 is 0 Å². The second-order valence-electron chi connectivity index (χ2n) is 8.75. The molecule has 4 saturated heterocycles. The lowest BCUT2D eigenvalue weighted by Crippen LogP contribution is -2.47. The molecule has 2 unspecified atom stereocenters. The summed E-state index contributed by atoms with van der Waals surface area (Å²) in [6, 6.07) is 11.1. The van der Waals surface area contributed by atoms with Gasteiger partial charge < -0.3 is 9.80 Å². The van der Waals surface area contributed by atoms with E-state index in [1.807, 2.05) is 28.0 Å². The molecule has 28 heavy (non-hydrogen) atoms. The van der Waals surface area contributed by atoms with Crippen LogP contribution in [0.2, 0.25) is 0 Å². The molecule has 0 radical (unpaired) electrons. The summed E-state index contributed by atoms with van der Waals surface area (Å²) in [5.74, 6) is 0.849. The monoisotopic (exact) mass is 384 g/mol. The van der Waals surface area contributed by atoms with Gasteiger partial charge in [-0.25, -0.2) is 0 Å². The van der Waals surface area contributed by atoms with Crippen molar-refractivity contribution in [1.29, 1.82) is 0 Å². The number of benzene rings is 1. The smallest absolute Gasteiger partial charge is 0.228 e. The summed E-state index contributed by atoms with van der Waals surface area (Å²) < 4.78 is 0. The van der Waals surface area contributed by atoms with Crippen molar-refractivity contribution in [1.82, 2.24) is 20.7 Å². The van der Waals surface area contributed by atoms with E-state index in [1.165, 1.54) is 0 Å². The van der Waals surface area contributed by atoms with Crippen molar-refractivity contribution in [2.45, 2.75) is 64.2 Å². The molecule has 6 nitrogen and oxygen atoms in total. The minimum atomic E-state index is -0.0425. The molecule has 2 bridgehead atoms. The summed E-state index contributed by atoms with van der Waals surface area (Å²) in [7, 11) is 0. The number of amides is 2. The van der Waals surface area contributed by atoms with Crippen LogP contribution in [0.5, 0.6) is 0 Å². The third-order valence-corrected chi connectivity index (χ3v) is 6.86. The molecular weight excluding hydrogens is 352 g/mol. The maximum Gasteiger partial charge on any atom is 0.228 e. The van der Waals surface area contributed by atoms with Gasteiger partial charge in [0.05, 0.1) is 5.92 Å². The average Bonchev–Trinajstić information content (AvgIpc) is 2.87. The van der Waals surface area contributed by atoms with Gasteiger partial charge in [-0.3, -0.25) is 20.4 Å². The molecule has 152 valence electrons. The number of hydrazine groups is 1. The summed E-state index contributed by atoms with van der Waals surface area (Å²) in [5, 5.41) is 0. The van der Waals surface area contributed by atoms with Crippen molar-refractivity contribution in [3.63, 3.8) is 0 Å². The minimum absolute atomic E-state index is 0.0425. The number of nitrogens with zero attached hydrogens (tertiary/aromatic N) is 2. The quantitative estimate of drug-likeness (QED) is 0.814. The second-order valence-corrected chi connectivity index (χ2v) is 8.75. The largest absolute Gasteiger partial charge is 0.340 e. The number of carbonyl (C=O) groups excluding carboxylic acids is 2. The zero-order valence-corrected chi connectivity index (χ0v) is 16.9. The van der Waals surface area contributed by atoms with Crippen LogP contribution < -0.4 is 10.9 Å². The Bertz CT molecular complexity index is 700. The van der Waals surface area contributed by atoms with Crippen LogP contribution in [-0.4, -0.2) is 52.8 Å². The highest BCUT2D eigenvalue weighted by molar-refractivity contribution is 5.83. The molecular formula is C22H32N4O2. The highest BCUT2D eigenvalue weighted by Crippen LogP contribution is 2.31.